The summed E-state index contributed by atoms with van der Waals surface area (Å²) in [5.74, 6) is -2.13. The van der Waals surface area contributed by atoms with Crippen molar-refractivity contribution >= 4 is 32.0 Å². The van der Waals surface area contributed by atoms with Crippen LogP contribution in [0.4, 0.5) is 0 Å². The van der Waals surface area contributed by atoms with E-state index in [0.29, 0.717) is 26.2 Å². The van der Waals surface area contributed by atoms with E-state index in [9.17, 15) is 26.4 Å². The Bertz CT molecular complexity index is 1670. The molecule has 0 saturated carbocycles. The van der Waals surface area contributed by atoms with Crippen LogP contribution in [-0.2, 0) is 20.0 Å². The van der Waals surface area contributed by atoms with Gasteiger partial charge in [0.2, 0.25) is 20.0 Å². The number of carbonyl (C=O) groups is 2. The van der Waals surface area contributed by atoms with Gasteiger partial charge in [-0.15, -0.1) is 0 Å². The number of nitrogens with zero attached hydrogens (tertiary/aromatic N) is 4. The molecule has 270 valence electrons. The quantitative estimate of drug-likeness (QED) is 0.137. The van der Waals surface area contributed by atoms with E-state index in [1.54, 1.807) is 24.8 Å². The maximum Gasteiger partial charge on any atom is 0.335 e. The molecule has 0 aliphatic heterocycles. The van der Waals surface area contributed by atoms with Gasteiger partial charge >= 0.3 is 11.9 Å². The molecule has 0 bridgehead atoms. The van der Waals surface area contributed by atoms with Crippen molar-refractivity contribution in [2.45, 2.75) is 63.2 Å². The summed E-state index contributed by atoms with van der Waals surface area (Å²) < 4.78 is 52.4. The van der Waals surface area contributed by atoms with Gasteiger partial charge in [-0.2, -0.15) is 8.61 Å². The molecule has 2 aromatic carbocycles. The van der Waals surface area contributed by atoms with Crippen molar-refractivity contribution < 1.29 is 36.6 Å². The molecule has 0 atom stereocenters. The number of carboxylic acid groups (broad SMARTS) is 2. The molecule has 0 fully saturated rings. The van der Waals surface area contributed by atoms with E-state index in [-0.39, 0.29) is 20.9 Å². The maximum atomic E-state index is 12.4. The number of hydrogen-bond donors (Lipinski definition) is 2. The molecule has 50 heavy (non-hydrogen) atoms. The zero-order chi connectivity index (χ0) is 37.2. The minimum Gasteiger partial charge on any atom is -0.478 e. The molecule has 4 aromatic rings. The van der Waals surface area contributed by atoms with E-state index in [0.717, 1.165) is 25.7 Å². The fourth-order valence-corrected chi connectivity index (χ4v) is 7.88. The second-order valence-electron chi connectivity index (χ2n) is 10.9. The summed E-state index contributed by atoms with van der Waals surface area (Å²) in [5.41, 5.74) is 2.51. The van der Waals surface area contributed by atoms with E-state index in [2.05, 4.69) is 9.97 Å². The molecular formula is C36H46N4O8S2. The van der Waals surface area contributed by atoms with Gasteiger partial charge < -0.3 is 10.2 Å². The van der Waals surface area contributed by atoms with Gasteiger partial charge in [0.15, 0.2) is 0 Å². The Kier molecular flexibility index (Phi) is 17.4. The lowest BCUT2D eigenvalue weighted by atomic mass is 10.1. The van der Waals surface area contributed by atoms with E-state index < -0.39 is 32.0 Å². The van der Waals surface area contributed by atoms with Crippen LogP contribution in [0.1, 0.15) is 74.1 Å². The number of rotatable bonds is 15. The van der Waals surface area contributed by atoms with Crippen molar-refractivity contribution in [2.75, 3.05) is 26.2 Å². The first-order valence-electron chi connectivity index (χ1n) is 16.3. The molecule has 0 unspecified atom stereocenters. The first kappa shape index (κ1) is 41.7. The largest absolute Gasteiger partial charge is 0.478 e. The van der Waals surface area contributed by atoms with Gasteiger partial charge in [0.1, 0.15) is 0 Å². The Hall–Kier alpha value is -4.50. The topological polar surface area (TPSA) is 175 Å². The Morgan fingerprint density at radius 2 is 0.760 bits per heavy atom. The standard InChI is InChI=1S/2C13H19NO4S.C10H8N2/c2*1-3-9-14(10-4-2)19(17,18)12-7-5-11(6-8-12)13(15)16;1-5-11-6-2-9(1)10-3-7-12-8-4-10/h2*5-8H,3-4,9-10H2,1-2H3,(H,15,16);1-8H. The molecule has 14 heteroatoms. The monoisotopic (exact) mass is 726 g/mol. The van der Waals surface area contributed by atoms with Gasteiger partial charge in [-0.1, -0.05) is 27.7 Å². The van der Waals surface area contributed by atoms with Crippen LogP contribution < -0.4 is 0 Å². The molecule has 0 saturated heterocycles. The van der Waals surface area contributed by atoms with Crippen molar-refractivity contribution in [3.8, 4) is 11.1 Å². The van der Waals surface area contributed by atoms with Crippen LogP contribution in [0.2, 0.25) is 0 Å². The molecular weight excluding hydrogens is 681 g/mol. The van der Waals surface area contributed by atoms with Crippen LogP contribution in [-0.4, -0.2) is 83.7 Å². The molecule has 0 aliphatic carbocycles. The third-order valence-electron chi connectivity index (χ3n) is 7.06. The first-order valence-corrected chi connectivity index (χ1v) is 19.2. The SMILES string of the molecule is CCCN(CCC)S(=O)(=O)c1ccc(C(=O)O)cc1.CCCN(CCC)S(=O)(=O)c1ccc(C(=O)O)cc1.c1cc(-c2ccncc2)ccn1. The molecule has 2 aromatic heterocycles. The van der Waals surface area contributed by atoms with Crippen LogP contribution >= 0.6 is 0 Å². The average molecular weight is 727 g/mol. The minimum absolute atomic E-state index is 0.0801. The third-order valence-corrected chi connectivity index (χ3v) is 10.9. The average Bonchev–Trinajstić information content (AvgIpc) is 3.13. The highest BCUT2D eigenvalue weighted by molar-refractivity contribution is 7.89. The van der Waals surface area contributed by atoms with Gasteiger partial charge in [-0.3, -0.25) is 9.97 Å². The second-order valence-corrected chi connectivity index (χ2v) is 14.8. The van der Waals surface area contributed by atoms with Crippen molar-refractivity contribution in [2.24, 2.45) is 0 Å². The van der Waals surface area contributed by atoms with Crippen molar-refractivity contribution in [3.05, 3.63) is 109 Å². The number of benzene rings is 2. The van der Waals surface area contributed by atoms with E-state index in [1.165, 1.54) is 68.3 Å². The lowest BCUT2D eigenvalue weighted by Crippen LogP contribution is -2.32. The number of carboxylic acids is 2. The fourth-order valence-electron chi connectivity index (χ4n) is 4.63. The molecule has 0 aliphatic rings. The van der Waals surface area contributed by atoms with Gasteiger partial charge in [0.05, 0.1) is 20.9 Å². The first-order chi connectivity index (χ1) is 23.8. The molecule has 0 amide bonds. The molecule has 0 radical (unpaired) electrons. The Labute approximate surface area is 295 Å². The fraction of sp³-hybridized carbons (Fsp3) is 0.333. The summed E-state index contributed by atoms with van der Waals surface area (Å²) in [5, 5.41) is 17.6. The highest BCUT2D eigenvalue weighted by atomic mass is 32.2. The summed E-state index contributed by atoms with van der Waals surface area (Å²) >= 11 is 0. The molecule has 12 nitrogen and oxygen atoms in total. The Morgan fingerprint density at radius 3 is 0.980 bits per heavy atom. The van der Waals surface area contributed by atoms with Crippen LogP contribution in [0.3, 0.4) is 0 Å². The van der Waals surface area contributed by atoms with Gasteiger partial charge in [0.25, 0.3) is 0 Å². The van der Waals surface area contributed by atoms with E-state index >= 15 is 0 Å². The molecule has 4 rings (SSSR count). The van der Waals surface area contributed by atoms with Crippen molar-refractivity contribution in [3.63, 3.8) is 0 Å². The summed E-state index contributed by atoms with van der Waals surface area (Å²) in [6, 6.07) is 18.5. The maximum absolute atomic E-state index is 12.4. The molecule has 2 heterocycles. The van der Waals surface area contributed by atoms with E-state index in [4.69, 9.17) is 10.2 Å². The summed E-state index contributed by atoms with van der Waals surface area (Å²) in [4.78, 5) is 29.7. The van der Waals surface area contributed by atoms with E-state index in [1.807, 2.05) is 52.0 Å². The summed E-state index contributed by atoms with van der Waals surface area (Å²) in [6.45, 7) is 9.57. The number of sulfonamides is 2. The molecule has 2 N–H and O–H groups in total. The van der Waals surface area contributed by atoms with Gasteiger partial charge in [-0.05, 0) is 110 Å². The highest BCUT2D eigenvalue weighted by Gasteiger charge is 2.24. The predicted octanol–water partition coefficient (Wildman–Crippen LogP) is 6.53. The number of aromatic nitrogens is 2. The smallest absolute Gasteiger partial charge is 0.335 e. The Morgan fingerprint density at radius 1 is 0.500 bits per heavy atom. The minimum atomic E-state index is -3.53. The summed E-state index contributed by atoms with van der Waals surface area (Å²) in [7, 11) is -7.05. The normalized spacial score (nSPS) is 11.2. The molecule has 0 spiro atoms. The van der Waals surface area contributed by atoms with Crippen LogP contribution in [0.15, 0.2) is 107 Å². The van der Waals surface area contributed by atoms with Gasteiger partial charge in [-0.25, -0.2) is 26.4 Å². The van der Waals surface area contributed by atoms with Crippen LogP contribution in [0.25, 0.3) is 11.1 Å². The third kappa shape index (κ3) is 12.4. The zero-order valence-electron chi connectivity index (χ0n) is 28.8. The van der Waals surface area contributed by atoms with Gasteiger partial charge in [0, 0.05) is 51.0 Å². The lowest BCUT2D eigenvalue weighted by molar-refractivity contribution is 0.0686. The predicted molar refractivity (Wildman–Crippen MR) is 193 cm³/mol. The van der Waals surface area contributed by atoms with Crippen LogP contribution in [0, 0.1) is 0 Å². The Balaban J connectivity index is 0.000000267. The summed E-state index contributed by atoms with van der Waals surface area (Å²) in [6.07, 6.45) is 10.1. The van der Waals surface area contributed by atoms with Crippen molar-refractivity contribution in [1.29, 1.82) is 0 Å². The van der Waals surface area contributed by atoms with Crippen molar-refractivity contribution in [1.82, 2.24) is 18.6 Å². The lowest BCUT2D eigenvalue weighted by Gasteiger charge is -2.20. The number of aromatic carboxylic acids is 2. The number of pyridine rings is 2. The van der Waals surface area contributed by atoms with Crippen LogP contribution in [0.5, 0.6) is 0 Å². The number of hydrogen-bond acceptors (Lipinski definition) is 8. The second kappa shape index (κ2) is 20.9. The zero-order valence-corrected chi connectivity index (χ0v) is 30.5. The highest BCUT2D eigenvalue weighted by Crippen LogP contribution is 2.19.